The monoisotopic (exact) mass is 333 g/mol. The highest BCUT2D eigenvalue weighted by Crippen LogP contribution is 2.36. The Balaban J connectivity index is 1.92. The minimum Gasteiger partial charge on any atom is -0.513 e. The summed E-state index contributed by atoms with van der Waals surface area (Å²) in [6, 6.07) is 13.9. The van der Waals surface area contributed by atoms with Gasteiger partial charge in [-0.1, -0.05) is 24.3 Å². The minimum atomic E-state index is -0.0869. The maximum absolute atomic E-state index is 11.3. The molecule has 0 saturated heterocycles. The molecule has 0 bridgehead atoms. The van der Waals surface area contributed by atoms with E-state index >= 15 is 0 Å². The lowest BCUT2D eigenvalue weighted by Crippen LogP contribution is -2.13. The van der Waals surface area contributed by atoms with Gasteiger partial charge >= 0.3 is 0 Å². The van der Waals surface area contributed by atoms with E-state index in [0.29, 0.717) is 0 Å². The van der Waals surface area contributed by atoms with Crippen molar-refractivity contribution in [3.05, 3.63) is 59.9 Å². The van der Waals surface area contributed by atoms with Crippen LogP contribution in [0.15, 0.2) is 48.7 Å². The van der Waals surface area contributed by atoms with Crippen LogP contribution in [-0.2, 0) is 11.2 Å². The van der Waals surface area contributed by atoms with Gasteiger partial charge in [-0.2, -0.15) is 0 Å². The second-order valence-corrected chi connectivity index (χ2v) is 6.19. The van der Waals surface area contributed by atoms with E-state index in [9.17, 15) is 9.90 Å². The molecule has 5 heteroatoms. The van der Waals surface area contributed by atoms with Crippen molar-refractivity contribution in [2.75, 3.05) is 11.9 Å². The predicted molar refractivity (Wildman–Crippen MR) is 100 cm³/mol. The van der Waals surface area contributed by atoms with E-state index in [-0.39, 0.29) is 5.91 Å². The summed E-state index contributed by atoms with van der Waals surface area (Å²) in [5, 5.41) is 16.8. The summed E-state index contributed by atoms with van der Waals surface area (Å²) < 4.78 is 0. The van der Waals surface area contributed by atoms with E-state index in [4.69, 9.17) is 0 Å². The van der Waals surface area contributed by atoms with Crippen LogP contribution in [0.5, 0.6) is 0 Å². The molecule has 5 nitrogen and oxygen atoms in total. The highest BCUT2D eigenvalue weighted by Gasteiger charge is 2.20. The molecule has 1 amide bonds. The van der Waals surface area contributed by atoms with Crippen LogP contribution in [-0.4, -0.2) is 22.5 Å². The molecule has 25 heavy (non-hydrogen) atoms. The molecule has 2 heterocycles. The normalized spacial score (nSPS) is 15.0. The van der Waals surface area contributed by atoms with Gasteiger partial charge in [-0.15, -0.1) is 0 Å². The van der Waals surface area contributed by atoms with Crippen molar-refractivity contribution in [1.29, 1.82) is 0 Å². The molecule has 4 rings (SSSR count). The molecule has 0 unspecified atom stereocenters. The lowest BCUT2D eigenvalue weighted by Gasteiger charge is -2.08. The van der Waals surface area contributed by atoms with Crippen molar-refractivity contribution in [3.8, 4) is 11.3 Å². The Kier molecular flexibility index (Phi) is 3.69. The SMILES string of the molecule is CC(=O)Nc1cccc(-c2[nH]c3cccc4c3c2CCN/C4=C/O)c1. The number of carbonyl (C=O) groups is 1. The van der Waals surface area contributed by atoms with E-state index in [0.717, 1.165) is 58.3 Å². The van der Waals surface area contributed by atoms with Crippen LogP contribution in [0.4, 0.5) is 5.69 Å². The number of aliphatic hydroxyl groups is 1. The van der Waals surface area contributed by atoms with E-state index < -0.39 is 0 Å². The first-order valence-electron chi connectivity index (χ1n) is 8.27. The summed E-state index contributed by atoms with van der Waals surface area (Å²) in [6.45, 7) is 2.25. The molecule has 4 N–H and O–H groups in total. The van der Waals surface area contributed by atoms with Crippen molar-refractivity contribution >= 4 is 28.2 Å². The van der Waals surface area contributed by atoms with Crippen LogP contribution >= 0.6 is 0 Å². The first-order valence-corrected chi connectivity index (χ1v) is 8.27. The number of hydrogen-bond acceptors (Lipinski definition) is 3. The van der Waals surface area contributed by atoms with Crippen LogP contribution in [0.1, 0.15) is 18.1 Å². The van der Waals surface area contributed by atoms with Gasteiger partial charge in [0.2, 0.25) is 5.91 Å². The maximum atomic E-state index is 11.3. The van der Waals surface area contributed by atoms with Crippen LogP contribution in [0.2, 0.25) is 0 Å². The van der Waals surface area contributed by atoms with E-state index in [1.807, 2.05) is 42.5 Å². The zero-order valence-electron chi connectivity index (χ0n) is 13.9. The van der Waals surface area contributed by atoms with Crippen molar-refractivity contribution in [2.24, 2.45) is 0 Å². The summed E-state index contributed by atoms with van der Waals surface area (Å²) in [4.78, 5) is 14.9. The third kappa shape index (κ3) is 2.63. The van der Waals surface area contributed by atoms with Gasteiger partial charge in [-0.05, 0) is 30.2 Å². The maximum Gasteiger partial charge on any atom is 0.221 e. The molecule has 0 aliphatic carbocycles. The second kappa shape index (κ2) is 6.02. The number of nitrogens with one attached hydrogen (secondary N) is 3. The van der Waals surface area contributed by atoms with Crippen LogP contribution < -0.4 is 10.6 Å². The molecule has 3 aromatic rings. The summed E-state index contributed by atoms with van der Waals surface area (Å²) in [5.74, 6) is -0.0869. The van der Waals surface area contributed by atoms with Crippen molar-refractivity contribution in [1.82, 2.24) is 10.3 Å². The first-order chi connectivity index (χ1) is 12.2. The Hall–Kier alpha value is -3.21. The average molecular weight is 333 g/mol. The topological polar surface area (TPSA) is 77.2 Å². The van der Waals surface area contributed by atoms with Gasteiger partial charge in [0.05, 0.1) is 5.70 Å². The number of carbonyl (C=O) groups excluding carboxylic acids is 1. The Morgan fingerprint density at radius 1 is 1.24 bits per heavy atom. The molecule has 1 aliphatic heterocycles. The molecule has 126 valence electrons. The van der Waals surface area contributed by atoms with E-state index in [1.54, 1.807) is 0 Å². The Bertz CT molecular complexity index is 1000. The van der Waals surface area contributed by atoms with Crippen molar-refractivity contribution in [2.45, 2.75) is 13.3 Å². The smallest absolute Gasteiger partial charge is 0.221 e. The van der Waals surface area contributed by atoms with Crippen LogP contribution in [0.25, 0.3) is 27.9 Å². The van der Waals surface area contributed by atoms with Gasteiger partial charge in [0.15, 0.2) is 0 Å². The molecule has 0 saturated carbocycles. The number of anilines is 1. The average Bonchev–Trinajstić information content (AvgIpc) is 2.86. The summed E-state index contributed by atoms with van der Waals surface area (Å²) >= 11 is 0. The summed E-state index contributed by atoms with van der Waals surface area (Å²) in [7, 11) is 0. The zero-order valence-corrected chi connectivity index (χ0v) is 13.9. The van der Waals surface area contributed by atoms with Crippen molar-refractivity contribution < 1.29 is 9.90 Å². The third-order valence-corrected chi connectivity index (χ3v) is 4.51. The Morgan fingerprint density at radius 3 is 2.88 bits per heavy atom. The molecule has 0 fully saturated rings. The fourth-order valence-corrected chi connectivity index (χ4v) is 3.53. The fourth-order valence-electron chi connectivity index (χ4n) is 3.53. The van der Waals surface area contributed by atoms with Crippen LogP contribution in [0, 0.1) is 0 Å². The van der Waals surface area contributed by atoms with Crippen molar-refractivity contribution in [3.63, 3.8) is 0 Å². The number of aromatic nitrogens is 1. The third-order valence-electron chi connectivity index (χ3n) is 4.51. The van der Waals surface area contributed by atoms with Crippen LogP contribution in [0.3, 0.4) is 0 Å². The largest absolute Gasteiger partial charge is 0.513 e. The molecular formula is C20H19N3O2. The van der Waals surface area contributed by atoms with E-state index in [1.165, 1.54) is 12.5 Å². The summed E-state index contributed by atoms with van der Waals surface area (Å²) in [6.07, 6.45) is 1.97. The van der Waals surface area contributed by atoms with Gasteiger partial charge in [-0.3, -0.25) is 4.79 Å². The molecule has 1 aromatic heterocycles. The second-order valence-electron chi connectivity index (χ2n) is 6.19. The first kappa shape index (κ1) is 15.3. The summed E-state index contributed by atoms with van der Waals surface area (Å²) in [5.41, 5.74) is 6.84. The lowest BCUT2D eigenvalue weighted by atomic mass is 9.99. The number of amides is 1. The number of rotatable bonds is 2. The van der Waals surface area contributed by atoms with Gasteiger partial charge < -0.3 is 20.7 Å². The van der Waals surface area contributed by atoms with Gasteiger partial charge in [-0.25, -0.2) is 0 Å². The van der Waals surface area contributed by atoms with Gasteiger partial charge in [0, 0.05) is 46.9 Å². The predicted octanol–water partition coefficient (Wildman–Crippen LogP) is 3.80. The number of H-pyrrole nitrogens is 1. The molecule has 2 aromatic carbocycles. The number of hydrogen-bond donors (Lipinski definition) is 4. The number of aromatic amines is 1. The van der Waals surface area contributed by atoms with E-state index in [2.05, 4.69) is 15.6 Å². The standard InChI is InChI=1S/C20H19N3O2/c1-12(25)22-14-5-2-4-13(10-14)20-16-8-9-21-18(11-24)15-6-3-7-17(23-20)19(15)16/h2-7,10-11,21,23-24H,8-9H2,1H3,(H,22,25)/b18-11+. The molecule has 1 aliphatic rings. The number of aliphatic hydroxyl groups excluding tert-OH is 1. The molecule has 0 spiro atoms. The van der Waals surface area contributed by atoms with Gasteiger partial charge in [0.25, 0.3) is 0 Å². The molecule has 0 atom stereocenters. The Labute approximate surface area is 145 Å². The number of benzene rings is 2. The molecular weight excluding hydrogens is 314 g/mol. The molecule has 0 radical (unpaired) electrons. The fraction of sp³-hybridized carbons (Fsp3) is 0.150. The zero-order chi connectivity index (χ0) is 17.4. The lowest BCUT2D eigenvalue weighted by molar-refractivity contribution is -0.114. The Morgan fingerprint density at radius 2 is 2.08 bits per heavy atom. The minimum absolute atomic E-state index is 0.0869. The highest BCUT2D eigenvalue weighted by atomic mass is 16.2. The highest BCUT2D eigenvalue weighted by molar-refractivity contribution is 5.99. The quantitative estimate of drug-likeness (QED) is 0.539. The van der Waals surface area contributed by atoms with Gasteiger partial charge in [0.1, 0.15) is 6.26 Å².